The Hall–Kier alpha value is -0.990. The van der Waals surface area contributed by atoms with Crippen molar-refractivity contribution in [1.82, 2.24) is 10.2 Å². The molecule has 0 radical (unpaired) electrons. The minimum absolute atomic E-state index is 0.293. The van der Waals surface area contributed by atoms with Crippen LogP contribution in [0, 0.1) is 5.92 Å². The van der Waals surface area contributed by atoms with Crippen LogP contribution in [-0.2, 0) is 4.79 Å². The van der Waals surface area contributed by atoms with Crippen LogP contribution in [0.4, 0.5) is 0 Å². The van der Waals surface area contributed by atoms with E-state index >= 15 is 0 Å². The van der Waals surface area contributed by atoms with Gasteiger partial charge in [-0.1, -0.05) is 6.92 Å². The van der Waals surface area contributed by atoms with Gasteiger partial charge in [-0.15, -0.1) is 0 Å². The molecule has 0 bridgehead atoms. The highest BCUT2D eigenvalue weighted by Gasteiger charge is 2.22. The first-order valence-electron chi connectivity index (χ1n) is 5.82. The summed E-state index contributed by atoms with van der Waals surface area (Å²) in [6.45, 7) is 5.84. The molecule has 1 saturated heterocycles. The quantitative estimate of drug-likeness (QED) is 0.767. The summed E-state index contributed by atoms with van der Waals surface area (Å²) in [5.41, 5.74) is 0. The first kappa shape index (κ1) is 12.1. The molecule has 0 aromatic heterocycles. The highest BCUT2D eigenvalue weighted by atomic mass is 16.1. The van der Waals surface area contributed by atoms with Crippen molar-refractivity contribution in [2.45, 2.75) is 33.1 Å². The SMILES string of the molecule is CC/C=C(\NC)N1CCC(C(C)=O)CC1. The Labute approximate surface area is 92.5 Å². The van der Waals surface area contributed by atoms with E-state index in [2.05, 4.69) is 23.2 Å². The summed E-state index contributed by atoms with van der Waals surface area (Å²) in [5.74, 6) is 1.85. The number of likely N-dealkylation sites (tertiary alicyclic amines) is 1. The van der Waals surface area contributed by atoms with Gasteiger partial charge in [0.25, 0.3) is 0 Å². The first-order valence-corrected chi connectivity index (χ1v) is 5.82. The molecule has 1 aliphatic rings. The lowest BCUT2D eigenvalue weighted by molar-refractivity contribution is -0.121. The minimum Gasteiger partial charge on any atom is -0.375 e. The van der Waals surface area contributed by atoms with E-state index in [0.717, 1.165) is 32.4 Å². The zero-order valence-electron chi connectivity index (χ0n) is 10.0. The van der Waals surface area contributed by atoms with E-state index < -0.39 is 0 Å². The van der Waals surface area contributed by atoms with Gasteiger partial charge in [-0.05, 0) is 32.3 Å². The Bertz CT molecular complexity index is 240. The zero-order valence-corrected chi connectivity index (χ0v) is 10.0. The number of hydrogen-bond acceptors (Lipinski definition) is 3. The number of piperidine rings is 1. The van der Waals surface area contributed by atoms with Crippen molar-refractivity contribution in [3.8, 4) is 0 Å². The molecule has 3 heteroatoms. The van der Waals surface area contributed by atoms with Crippen LogP contribution in [0.1, 0.15) is 33.1 Å². The molecular formula is C12H22N2O. The molecular weight excluding hydrogens is 188 g/mol. The van der Waals surface area contributed by atoms with Gasteiger partial charge in [0.05, 0.1) is 5.82 Å². The third-order valence-corrected chi connectivity index (χ3v) is 3.06. The zero-order chi connectivity index (χ0) is 11.3. The van der Waals surface area contributed by atoms with Gasteiger partial charge in [0.2, 0.25) is 0 Å². The summed E-state index contributed by atoms with van der Waals surface area (Å²) in [6, 6.07) is 0. The molecule has 0 spiro atoms. The van der Waals surface area contributed by atoms with Crippen LogP contribution in [0.5, 0.6) is 0 Å². The maximum Gasteiger partial charge on any atom is 0.133 e. The molecule has 0 aliphatic carbocycles. The van der Waals surface area contributed by atoms with E-state index in [4.69, 9.17) is 0 Å². The second-order valence-corrected chi connectivity index (χ2v) is 4.12. The van der Waals surface area contributed by atoms with Crippen molar-refractivity contribution in [2.24, 2.45) is 5.92 Å². The van der Waals surface area contributed by atoms with Crippen LogP contribution < -0.4 is 5.32 Å². The van der Waals surface area contributed by atoms with E-state index in [-0.39, 0.29) is 0 Å². The summed E-state index contributed by atoms with van der Waals surface area (Å²) in [5, 5.41) is 3.22. The fraction of sp³-hybridized carbons (Fsp3) is 0.750. The number of nitrogens with zero attached hydrogens (tertiary/aromatic N) is 1. The number of hydrogen-bond donors (Lipinski definition) is 1. The number of ketones is 1. The third kappa shape index (κ3) is 3.26. The molecule has 0 unspecified atom stereocenters. The summed E-state index contributed by atoms with van der Waals surface area (Å²) >= 11 is 0. The average Bonchev–Trinajstić information content (AvgIpc) is 2.26. The third-order valence-electron chi connectivity index (χ3n) is 3.06. The van der Waals surface area contributed by atoms with Gasteiger partial charge in [0, 0.05) is 26.1 Å². The Morgan fingerprint density at radius 3 is 2.47 bits per heavy atom. The largest absolute Gasteiger partial charge is 0.375 e. The lowest BCUT2D eigenvalue weighted by Crippen LogP contribution is -2.38. The molecule has 0 atom stereocenters. The Kier molecular flexibility index (Phi) is 4.66. The second kappa shape index (κ2) is 5.79. The molecule has 0 saturated carbocycles. The molecule has 0 aromatic rings. The van der Waals surface area contributed by atoms with E-state index in [1.165, 1.54) is 5.82 Å². The highest BCUT2D eigenvalue weighted by Crippen LogP contribution is 2.20. The van der Waals surface area contributed by atoms with Crippen LogP contribution in [0.25, 0.3) is 0 Å². The van der Waals surface area contributed by atoms with Crippen LogP contribution in [0.2, 0.25) is 0 Å². The predicted octanol–water partition coefficient (Wildman–Crippen LogP) is 1.76. The molecule has 15 heavy (non-hydrogen) atoms. The van der Waals surface area contributed by atoms with Gasteiger partial charge in [0.1, 0.15) is 5.78 Å². The molecule has 1 aliphatic heterocycles. The van der Waals surface area contributed by atoms with Gasteiger partial charge >= 0.3 is 0 Å². The number of Topliss-reactive ketones (excluding diaryl/α,β-unsaturated/α-hetero) is 1. The highest BCUT2D eigenvalue weighted by molar-refractivity contribution is 5.78. The number of nitrogens with one attached hydrogen (secondary N) is 1. The van der Waals surface area contributed by atoms with Crippen molar-refractivity contribution in [3.05, 3.63) is 11.9 Å². The van der Waals surface area contributed by atoms with Crippen LogP contribution in [0.3, 0.4) is 0 Å². The second-order valence-electron chi connectivity index (χ2n) is 4.12. The standard InChI is InChI=1S/C12H22N2O/c1-4-5-12(13-3)14-8-6-11(7-9-14)10(2)15/h5,11,13H,4,6-9H2,1-3H3/b12-5+. The van der Waals surface area contributed by atoms with Crippen molar-refractivity contribution in [2.75, 3.05) is 20.1 Å². The van der Waals surface area contributed by atoms with Crippen molar-refractivity contribution in [3.63, 3.8) is 0 Å². The Morgan fingerprint density at radius 2 is 2.07 bits per heavy atom. The molecule has 1 heterocycles. The maximum absolute atomic E-state index is 11.2. The minimum atomic E-state index is 0.293. The molecule has 0 aromatic carbocycles. The average molecular weight is 210 g/mol. The van der Waals surface area contributed by atoms with E-state index in [9.17, 15) is 4.79 Å². The summed E-state index contributed by atoms with van der Waals surface area (Å²) < 4.78 is 0. The summed E-state index contributed by atoms with van der Waals surface area (Å²) in [4.78, 5) is 13.6. The normalized spacial score (nSPS) is 19.1. The molecule has 1 rings (SSSR count). The topological polar surface area (TPSA) is 32.3 Å². The smallest absolute Gasteiger partial charge is 0.133 e. The summed E-state index contributed by atoms with van der Waals surface area (Å²) in [6.07, 6.45) is 5.24. The number of carbonyl (C=O) groups excluding carboxylic acids is 1. The lowest BCUT2D eigenvalue weighted by Gasteiger charge is -2.34. The molecule has 0 amide bonds. The summed E-state index contributed by atoms with van der Waals surface area (Å²) in [7, 11) is 1.96. The molecule has 3 nitrogen and oxygen atoms in total. The Morgan fingerprint density at radius 1 is 1.47 bits per heavy atom. The fourth-order valence-corrected chi connectivity index (χ4v) is 2.11. The number of allylic oxidation sites excluding steroid dienone is 1. The first-order chi connectivity index (χ1) is 7.19. The molecule has 1 N–H and O–H groups in total. The molecule has 1 fully saturated rings. The molecule has 86 valence electrons. The van der Waals surface area contributed by atoms with E-state index in [0.29, 0.717) is 11.7 Å². The van der Waals surface area contributed by atoms with Gasteiger partial charge in [0.15, 0.2) is 0 Å². The predicted molar refractivity (Wildman–Crippen MR) is 62.4 cm³/mol. The van der Waals surface area contributed by atoms with Crippen molar-refractivity contribution < 1.29 is 4.79 Å². The van der Waals surface area contributed by atoms with Gasteiger partial charge in [-0.3, -0.25) is 4.79 Å². The van der Waals surface area contributed by atoms with Crippen LogP contribution >= 0.6 is 0 Å². The maximum atomic E-state index is 11.2. The van der Waals surface area contributed by atoms with Gasteiger partial charge in [-0.2, -0.15) is 0 Å². The lowest BCUT2D eigenvalue weighted by atomic mass is 9.93. The monoisotopic (exact) mass is 210 g/mol. The number of carbonyl (C=O) groups is 1. The van der Waals surface area contributed by atoms with Gasteiger partial charge < -0.3 is 10.2 Å². The van der Waals surface area contributed by atoms with E-state index in [1.807, 2.05) is 7.05 Å². The van der Waals surface area contributed by atoms with Crippen molar-refractivity contribution in [1.29, 1.82) is 0 Å². The van der Waals surface area contributed by atoms with Crippen molar-refractivity contribution >= 4 is 5.78 Å². The van der Waals surface area contributed by atoms with Gasteiger partial charge in [-0.25, -0.2) is 0 Å². The van der Waals surface area contributed by atoms with Crippen LogP contribution in [-0.4, -0.2) is 30.8 Å². The Balaban J connectivity index is 2.49. The van der Waals surface area contributed by atoms with Crippen LogP contribution in [0.15, 0.2) is 11.9 Å². The fourth-order valence-electron chi connectivity index (χ4n) is 2.11. The van der Waals surface area contributed by atoms with E-state index in [1.54, 1.807) is 6.92 Å². The number of rotatable bonds is 4.